The molecule has 0 unspecified atom stereocenters. The molecule has 2 fully saturated rings. The lowest BCUT2D eigenvalue weighted by atomic mass is 10.0. The molecular weight excluding hydrogens is 250 g/mol. The van der Waals surface area contributed by atoms with Crippen LogP contribution in [0.4, 0.5) is 0 Å². The molecule has 0 bridgehead atoms. The normalized spacial score (nSPS) is 23.2. The molecule has 0 radical (unpaired) electrons. The summed E-state index contributed by atoms with van der Waals surface area (Å²) in [6.45, 7) is 7.34. The molecular formula is C16H25N3O. The van der Waals surface area contributed by atoms with Crippen LogP contribution in [0.5, 0.6) is 0 Å². The van der Waals surface area contributed by atoms with E-state index in [1.54, 1.807) is 0 Å². The second-order valence-electron chi connectivity index (χ2n) is 6.65. The maximum absolute atomic E-state index is 12.9. The molecule has 20 heavy (non-hydrogen) atoms. The summed E-state index contributed by atoms with van der Waals surface area (Å²) in [4.78, 5) is 14.9. The van der Waals surface area contributed by atoms with Crippen LogP contribution in [0.3, 0.4) is 0 Å². The van der Waals surface area contributed by atoms with Crippen LogP contribution >= 0.6 is 0 Å². The first kappa shape index (κ1) is 13.7. The Labute approximate surface area is 121 Å². The summed E-state index contributed by atoms with van der Waals surface area (Å²) >= 11 is 0. The fourth-order valence-electron chi connectivity index (χ4n) is 3.60. The van der Waals surface area contributed by atoms with E-state index in [-0.39, 0.29) is 11.4 Å². The van der Waals surface area contributed by atoms with Gasteiger partial charge in [0.25, 0.3) is 5.91 Å². The van der Waals surface area contributed by atoms with Crippen molar-refractivity contribution >= 4 is 5.91 Å². The molecule has 4 heteroatoms. The van der Waals surface area contributed by atoms with Gasteiger partial charge in [0.15, 0.2) is 0 Å². The Hall–Kier alpha value is -1.29. The first-order valence-electron chi connectivity index (χ1n) is 7.79. The number of aromatic nitrogens is 1. The molecule has 4 nitrogen and oxygen atoms in total. The Balaban J connectivity index is 1.83. The number of carbonyl (C=O) groups is 1. The Bertz CT molecular complexity index is 486. The zero-order valence-corrected chi connectivity index (χ0v) is 12.6. The van der Waals surface area contributed by atoms with Crippen LogP contribution in [0.15, 0.2) is 18.3 Å². The summed E-state index contributed by atoms with van der Waals surface area (Å²) in [7, 11) is 0. The van der Waals surface area contributed by atoms with Gasteiger partial charge in [0, 0.05) is 24.3 Å². The predicted octanol–water partition coefficient (Wildman–Crippen LogP) is 2.43. The number of nitrogens with one attached hydrogen (secondary N) is 1. The van der Waals surface area contributed by atoms with E-state index in [1.165, 1.54) is 0 Å². The van der Waals surface area contributed by atoms with Gasteiger partial charge in [0.2, 0.25) is 0 Å². The molecule has 0 saturated carbocycles. The van der Waals surface area contributed by atoms with Gasteiger partial charge < -0.3 is 14.8 Å². The van der Waals surface area contributed by atoms with Crippen LogP contribution < -0.4 is 5.32 Å². The van der Waals surface area contributed by atoms with Crippen molar-refractivity contribution < 1.29 is 4.79 Å². The number of hydrogen-bond acceptors (Lipinski definition) is 2. The summed E-state index contributed by atoms with van der Waals surface area (Å²) < 4.78 is 2.21. The molecule has 0 spiro atoms. The van der Waals surface area contributed by atoms with E-state index in [0.717, 1.165) is 51.0 Å². The van der Waals surface area contributed by atoms with Crippen LogP contribution in [-0.2, 0) is 0 Å². The molecule has 3 rings (SSSR count). The fourth-order valence-corrected chi connectivity index (χ4v) is 3.60. The molecule has 2 aliphatic heterocycles. The number of piperidine rings is 1. The first-order chi connectivity index (χ1) is 9.59. The molecule has 110 valence electrons. The van der Waals surface area contributed by atoms with Crippen LogP contribution in [0.1, 0.15) is 56.1 Å². The van der Waals surface area contributed by atoms with Gasteiger partial charge >= 0.3 is 0 Å². The second-order valence-corrected chi connectivity index (χ2v) is 6.65. The van der Waals surface area contributed by atoms with E-state index >= 15 is 0 Å². The average Bonchev–Trinajstić information content (AvgIpc) is 3.05. The zero-order chi connectivity index (χ0) is 14.2. The number of amides is 1. The third-order valence-electron chi connectivity index (χ3n) is 4.85. The number of nitrogens with zero attached hydrogens (tertiary/aromatic N) is 2. The maximum Gasteiger partial charge on any atom is 0.270 e. The summed E-state index contributed by atoms with van der Waals surface area (Å²) in [5, 5.41) is 3.38. The van der Waals surface area contributed by atoms with Crippen LogP contribution in [-0.4, -0.2) is 40.5 Å². The second kappa shape index (κ2) is 5.24. The molecule has 1 N–H and O–H groups in total. The van der Waals surface area contributed by atoms with E-state index in [0.29, 0.717) is 6.04 Å². The maximum atomic E-state index is 12.9. The van der Waals surface area contributed by atoms with Gasteiger partial charge in [-0.3, -0.25) is 4.79 Å². The quantitative estimate of drug-likeness (QED) is 0.900. The van der Waals surface area contributed by atoms with Crippen molar-refractivity contribution in [3.05, 3.63) is 24.0 Å². The summed E-state index contributed by atoms with van der Waals surface area (Å²) in [5.74, 6) is 0.205. The largest absolute Gasteiger partial charge is 0.340 e. The minimum atomic E-state index is 0.000301. The highest BCUT2D eigenvalue weighted by atomic mass is 16.2. The van der Waals surface area contributed by atoms with Gasteiger partial charge in [-0.25, -0.2) is 0 Å². The third-order valence-corrected chi connectivity index (χ3v) is 4.85. The summed E-state index contributed by atoms with van der Waals surface area (Å²) in [6, 6.07) is 4.47. The third kappa shape index (κ3) is 2.37. The van der Waals surface area contributed by atoms with Gasteiger partial charge in [-0.05, 0) is 64.8 Å². The van der Waals surface area contributed by atoms with Gasteiger partial charge in [-0.15, -0.1) is 0 Å². The smallest absolute Gasteiger partial charge is 0.270 e. The summed E-state index contributed by atoms with van der Waals surface area (Å²) in [6.07, 6.45) is 6.52. The van der Waals surface area contributed by atoms with E-state index in [1.807, 2.05) is 12.1 Å². The van der Waals surface area contributed by atoms with Crippen molar-refractivity contribution in [1.29, 1.82) is 0 Å². The molecule has 1 aromatic heterocycles. The monoisotopic (exact) mass is 275 g/mol. The molecule has 0 aromatic carbocycles. The molecule has 1 amide bonds. The Morgan fingerprint density at radius 2 is 2.10 bits per heavy atom. The van der Waals surface area contributed by atoms with Crippen molar-refractivity contribution in [2.75, 3.05) is 19.6 Å². The highest BCUT2D eigenvalue weighted by Gasteiger charge is 2.37. The van der Waals surface area contributed by atoms with Gasteiger partial charge in [-0.1, -0.05) is 0 Å². The highest BCUT2D eigenvalue weighted by molar-refractivity contribution is 5.93. The predicted molar refractivity (Wildman–Crippen MR) is 79.9 cm³/mol. The van der Waals surface area contributed by atoms with Crippen molar-refractivity contribution in [2.24, 2.45) is 0 Å². The molecule has 3 heterocycles. The Kier molecular flexibility index (Phi) is 3.59. The van der Waals surface area contributed by atoms with Crippen LogP contribution in [0, 0.1) is 0 Å². The molecule has 2 aliphatic rings. The fraction of sp³-hybridized carbons (Fsp3) is 0.688. The molecule has 2 saturated heterocycles. The van der Waals surface area contributed by atoms with Gasteiger partial charge in [0.1, 0.15) is 5.69 Å². The van der Waals surface area contributed by atoms with Crippen LogP contribution in [0.25, 0.3) is 0 Å². The number of likely N-dealkylation sites (tertiary alicyclic amines) is 1. The van der Waals surface area contributed by atoms with E-state index in [9.17, 15) is 4.79 Å². The SMILES string of the molecule is CC1(C)CCCN1C(=O)c1cccn1C1CCNCC1. The van der Waals surface area contributed by atoms with Crippen molar-refractivity contribution in [3.63, 3.8) is 0 Å². The number of rotatable bonds is 2. The van der Waals surface area contributed by atoms with Crippen molar-refractivity contribution in [1.82, 2.24) is 14.8 Å². The molecule has 0 aliphatic carbocycles. The Morgan fingerprint density at radius 3 is 2.75 bits per heavy atom. The lowest BCUT2D eigenvalue weighted by Gasteiger charge is -2.33. The molecule has 0 atom stereocenters. The van der Waals surface area contributed by atoms with E-state index in [2.05, 4.69) is 34.8 Å². The minimum Gasteiger partial charge on any atom is -0.340 e. The number of hydrogen-bond donors (Lipinski definition) is 1. The number of carbonyl (C=O) groups excluding carboxylic acids is 1. The standard InChI is InChI=1S/C16H25N3O/c1-16(2)8-4-12-19(16)15(20)14-5-3-11-18(14)13-6-9-17-10-7-13/h3,5,11,13,17H,4,6-10,12H2,1-2H3. The zero-order valence-electron chi connectivity index (χ0n) is 12.6. The summed E-state index contributed by atoms with van der Waals surface area (Å²) in [5.41, 5.74) is 0.868. The van der Waals surface area contributed by atoms with Crippen LogP contribution in [0.2, 0.25) is 0 Å². The minimum absolute atomic E-state index is 0.000301. The van der Waals surface area contributed by atoms with Gasteiger partial charge in [-0.2, -0.15) is 0 Å². The van der Waals surface area contributed by atoms with Gasteiger partial charge in [0.05, 0.1) is 0 Å². The van der Waals surface area contributed by atoms with Crippen molar-refractivity contribution in [2.45, 2.75) is 51.1 Å². The van der Waals surface area contributed by atoms with Crippen molar-refractivity contribution in [3.8, 4) is 0 Å². The van der Waals surface area contributed by atoms with E-state index < -0.39 is 0 Å². The Morgan fingerprint density at radius 1 is 1.35 bits per heavy atom. The first-order valence-corrected chi connectivity index (χ1v) is 7.79. The molecule has 1 aromatic rings. The lowest BCUT2D eigenvalue weighted by Crippen LogP contribution is -2.43. The highest BCUT2D eigenvalue weighted by Crippen LogP contribution is 2.31. The lowest BCUT2D eigenvalue weighted by molar-refractivity contribution is 0.0637. The van der Waals surface area contributed by atoms with E-state index in [4.69, 9.17) is 0 Å². The average molecular weight is 275 g/mol. The topological polar surface area (TPSA) is 37.3 Å².